The topological polar surface area (TPSA) is 219 Å². The Labute approximate surface area is 241 Å². The summed E-state index contributed by atoms with van der Waals surface area (Å²) in [6, 6.07) is 9.88. The first kappa shape index (κ1) is 31.5. The van der Waals surface area contributed by atoms with E-state index in [2.05, 4.69) is 24.4 Å². The molecular formula is C21H21N6O11PS2. The molecule has 218 valence electrons. The number of nitrogens with zero attached hydrogens (tertiary/aromatic N) is 6. The molecule has 1 fully saturated rings. The van der Waals surface area contributed by atoms with E-state index < -0.39 is 46.6 Å². The van der Waals surface area contributed by atoms with E-state index in [0.717, 1.165) is 17.4 Å². The Bertz CT molecular complexity index is 1400. The van der Waals surface area contributed by atoms with Crippen LogP contribution in [0.3, 0.4) is 0 Å². The van der Waals surface area contributed by atoms with Crippen LogP contribution in [0.5, 0.6) is 11.5 Å². The summed E-state index contributed by atoms with van der Waals surface area (Å²) >= 11 is 10.5. The number of thiol groups is 1. The van der Waals surface area contributed by atoms with Crippen LogP contribution in [0.15, 0.2) is 47.6 Å². The van der Waals surface area contributed by atoms with Crippen LogP contribution < -0.4 is 14.8 Å². The lowest BCUT2D eigenvalue weighted by Gasteiger charge is -2.34. The van der Waals surface area contributed by atoms with E-state index >= 15 is 0 Å². The van der Waals surface area contributed by atoms with Gasteiger partial charge in [-0.1, -0.05) is 16.9 Å². The molecule has 2 aromatic rings. The standard InChI is InChI=1S/C21H21N6O11PS2/c22-24-23-14-1-6-19(37-20(28)12-16(38-27(32)33)13-35-26(30)31)18(11-14)21(29)36-15-2-4-17(5-3-15)39(40,41)25-7-9-34-10-8-25/h1-6,11,16H,7-10,12-13H2,(H,40,41). The van der Waals surface area contributed by atoms with Gasteiger partial charge in [0, 0.05) is 29.0 Å². The van der Waals surface area contributed by atoms with Crippen molar-refractivity contribution in [2.24, 2.45) is 5.11 Å². The molecule has 41 heavy (non-hydrogen) atoms. The fourth-order valence-electron chi connectivity index (χ4n) is 3.48. The molecule has 0 amide bonds. The number of ether oxygens (including phenoxy) is 3. The van der Waals surface area contributed by atoms with E-state index in [9.17, 15) is 29.8 Å². The van der Waals surface area contributed by atoms with Crippen LogP contribution in [0.25, 0.3) is 10.4 Å². The highest BCUT2D eigenvalue weighted by Crippen LogP contribution is 2.53. The van der Waals surface area contributed by atoms with Crippen LogP contribution >= 0.6 is 17.6 Å². The summed E-state index contributed by atoms with van der Waals surface area (Å²) in [6.07, 6.45) is -2.52. The molecule has 0 N–H and O–H groups in total. The molecular weight excluding hydrogens is 607 g/mol. The second kappa shape index (κ2) is 14.6. The van der Waals surface area contributed by atoms with Crippen LogP contribution in [-0.4, -0.2) is 65.8 Å². The summed E-state index contributed by atoms with van der Waals surface area (Å²) in [6.45, 7) is 1.44. The van der Waals surface area contributed by atoms with E-state index in [4.69, 9.17) is 43.8 Å². The van der Waals surface area contributed by atoms with Gasteiger partial charge in [0.25, 0.3) is 10.2 Å². The van der Waals surface area contributed by atoms with Crippen molar-refractivity contribution in [1.82, 2.24) is 4.67 Å². The van der Waals surface area contributed by atoms with Gasteiger partial charge in [0.05, 0.1) is 25.0 Å². The number of esters is 2. The van der Waals surface area contributed by atoms with Gasteiger partial charge in [-0.25, -0.2) is 4.79 Å². The molecule has 1 heterocycles. The van der Waals surface area contributed by atoms with Gasteiger partial charge >= 0.3 is 11.9 Å². The van der Waals surface area contributed by atoms with Crippen molar-refractivity contribution in [3.8, 4) is 11.5 Å². The number of morpholine rings is 1. The quantitative estimate of drug-likeness (QED) is 0.0388. The third-order valence-electron chi connectivity index (χ3n) is 5.32. The molecule has 1 saturated heterocycles. The minimum absolute atomic E-state index is 0.00943. The third-order valence-corrected chi connectivity index (χ3v) is 10.2. The van der Waals surface area contributed by atoms with Gasteiger partial charge in [0.1, 0.15) is 29.8 Å². The zero-order valence-corrected chi connectivity index (χ0v) is 23.4. The molecule has 2 aromatic carbocycles. The Morgan fingerprint density at radius 3 is 2.44 bits per heavy atom. The molecule has 0 bridgehead atoms. The zero-order chi connectivity index (χ0) is 30.0. The number of hydrogen-bond acceptors (Lipinski definition) is 13. The molecule has 17 nitrogen and oxygen atoms in total. The highest BCUT2D eigenvalue weighted by molar-refractivity contribution is 8.65. The number of rotatable bonds is 13. The minimum Gasteiger partial charge on any atom is -0.426 e. The Morgan fingerprint density at radius 1 is 1.15 bits per heavy atom. The molecule has 20 heteroatoms. The predicted octanol–water partition coefficient (Wildman–Crippen LogP) is 3.13. The van der Waals surface area contributed by atoms with Crippen molar-refractivity contribution in [1.29, 1.82) is 0 Å². The van der Waals surface area contributed by atoms with Gasteiger partial charge in [0.2, 0.25) is 0 Å². The van der Waals surface area contributed by atoms with Crippen molar-refractivity contribution < 1.29 is 43.6 Å². The fourth-order valence-corrected chi connectivity index (χ4v) is 6.84. The molecule has 3 rings (SSSR count). The van der Waals surface area contributed by atoms with Crippen molar-refractivity contribution in [3.05, 3.63) is 78.7 Å². The number of carbonyl (C=O) groups is 2. The highest BCUT2D eigenvalue weighted by Gasteiger charge is 2.27. The van der Waals surface area contributed by atoms with Crippen LogP contribution in [-0.2, 0) is 31.0 Å². The second-order valence-corrected chi connectivity index (χ2v) is 14.3. The molecule has 0 aromatic heterocycles. The maximum atomic E-state index is 13.0. The molecule has 0 spiro atoms. The van der Waals surface area contributed by atoms with Crippen LogP contribution in [0.1, 0.15) is 16.8 Å². The highest BCUT2D eigenvalue weighted by atomic mass is 32.9. The number of hydrogen-bond donors (Lipinski definition) is 1. The smallest absolute Gasteiger partial charge is 0.347 e. The summed E-state index contributed by atoms with van der Waals surface area (Å²) in [5.41, 5.74) is 8.42. The lowest BCUT2D eigenvalue weighted by molar-refractivity contribution is -0.789. The number of benzene rings is 2. The average molecular weight is 629 g/mol. The molecule has 1 aliphatic heterocycles. The minimum atomic E-state index is -2.36. The van der Waals surface area contributed by atoms with Crippen molar-refractivity contribution in [2.75, 3.05) is 32.9 Å². The summed E-state index contributed by atoms with van der Waals surface area (Å²) in [5.74, 6) is -2.38. The van der Waals surface area contributed by atoms with Crippen LogP contribution in [0, 0.1) is 20.2 Å². The molecule has 0 radical (unpaired) electrons. The first-order chi connectivity index (χ1) is 19.5. The van der Waals surface area contributed by atoms with Gasteiger partial charge in [-0.15, -0.1) is 32.5 Å². The maximum absolute atomic E-state index is 13.0. The maximum Gasteiger partial charge on any atom is 0.347 e. The Kier molecular flexibility index (Phi) is 11.2. The van der Waals surface area contributed by atoms with Gasteiger partial charge in [-0.05, 0) is 48.0 Å². The Hall–Kier alpha value is -3.99. The normalized spacial score (nSPS) is 15.3. The predicted molar refractivity (Wildman–Crippen MR) is 147 cm³/mol. The monoisotopic (exact) mass is 628 g/mol. The van der Waals surface area contributed by atoms with E-state index in [1.807, 2.05) is 0 Å². The van der Waals surface area contributed by atoms with Crippen molar-refractivity contribution in [2.45, 2.75) is 12.5 Å². The SMILES string of the molecule is [N-]=[N+]=Nc1ccc(OC(=O)CC(CO[N+](=O)[O-])O[N+](=O)[O-])c(C(=O)Oc2ccc(P(=S)(S)N3CCOCC3)cc2)c1. The number of azide groups is 1. The van der Waals surface area contributed by atoms with E-state index in [1.165, 1.54) is 18.2 Å². The molecule has 1 aliphatic rings. The summed E-state index contributed by atoms with van der Waals surface area (Å²) < 4.78 is 18.0. The van der Waals surface area contributed by atoms with Crippen molar-refractivity contribution in [3.63, 3.8) is 0 Å². The molecule has 2 unspecified atom stereocenters. The Balaban J connectivity index is 1.77. The average Bonchev–Trinajstić information content (AvgIpc) is 2.93. The summed E-state index contributed by atoms with van der Waals surface area (Å²) in [5, 5.41) is 20.4. The van der Waals surface area contributed by atoms with Crippen molar-refractivity contribution >= 4 is 52.4 Å². The first-order valence-corrected chi connectivity index (χ1v) is 15.4. The zero-order valence-electron chi connectivity index (χ0n) is 20.8. The number of carbonyl (C=O) groups excluding carboxylic acids is 2. The van der Waals surface area contributed by atoms with Crippen LogP contribution in [0.2, 0.25) is 0 Å². The van der Waals surface area contributed by atoms with Gasteiger partial charge in [-0.2, -0.15) is 0 Å². The second-order valence-electron chi connectivity index (χ2n) is 8.01. The van der Waals surface area contributed by atoms with Gasteiger partial charge in [0.15, 0.2) is 0 Å². The lowest BCUT2D eigenvalue weighted by atomic mass is 10.1. The summed E-state index contributed by atoms with van der Waals surface area (Å²) in [7, 11) is 0. The van der Waals surface area contributed by atoms with Crippen LogP contribution in [0.4, 0.5) is 5.69 Å². The fraction of sp³-hybridized carbons (Fsp3) is 0.333. The molecule has 0 aliphatic carbocycles. The van der Waals surface area contributed by atoms with E-state index in [0.29, 0.717) is 26.3 Å². The first-order valence-electron chi connectivity index (χ1n) is 11.5. The van der Waals surface area contributed by atoms with Gasteiger partial charge < -0.3 is 23.9 Å². The van der Waals surface area contributed by atoms with E-state index in [-0.39, 0.29) is 22.7 Å². The molecule has 2 atom stereocenters. The molecule has 0 saturated carbocycles. The largest absolute Gasteiger partial charge is 0.426 e. The third kappa shape index (κ3) is 9.28. The Morgan fingerprint density at radius 2 is 1.83 bits per heavy atom. The van der Waals surface area contributed by atoms with E-state index in [1.54, 1.807) is 12.1 Å². The lowest BCUT2D eigenvalue weighted by Crippen LogP contribution is -2.35. The van der Waals surface area contributed by atoms with Gasteiger partial charge in [-0.3, -0.25) is 9.46 Å². The summed E-state index contributed by atoms with van der Waals surface area (Å²) in [4.78, 5) is 57.4.